The Kier molecular flexibility index (Phi) is 10.0. The Bertz CT molecular complexity index is 735. The van der Waals surface area contributed by atoms with E-state index in [1.165, 1.54) is 0 Å². The van der Waals surface area contributed by atoms with Crippen molar-refractivity contribution in [2.45, 2.75) is 66.1 Å². The van der Waals surface area contributed by atoms with Gasteiger partial charge in [0.1, 0.15) is 0 Å². The molecule has 0 aliphatic rings. The van der Waals surface area contributed by atoms with Gasteiger partial charge in [0, 0.05) is 0 Å². The zero-order valence-corrected chi connectivity index (χ0v) is 17.8. The Morgan fingerprint density at radius 3 is 1.86 bits per heavy atom. The van der Waals surface area contributed by atoms with Gasteiger partial charge in [-0.1, -0.05) is 54.6 Å². The number of benzene rings is 2. The normalized spacial score (nSPS) is 11.4. The maximum absolute atomic E-state index is 11.5. The molecule has 4 nitrogen and oxygen atoms in total. The number of carbonyl (C=O) groups excluding carboxylic acids is 2. The molecule has 0 saturated carbocycles. The van der Waals surface area contributed by atoms with E-state index in [0.717, 1.165) is 16.7 Å². The van der Waals surface area contributed by atoms with Crippen LogP contribution in [-0.4, -0.2) is 24.1 Å². The first kappa shape index (κ1) is 23.4. The van der Waals surface area contributed by atoms with Gasteiger partial charge in [-0.15, -0.1) is 0 Å². The Balaban J connectivity index is 0.000000280. The van der Waals surface area contributed by atoms with Crippen molar-refractivity contribution in [2.75, 3.05) is 0 Å². The summed E-state index contributed by atoms with van der Waals surface area (Å²) >= 11 is 0. The minimum atomic E-state index is -0.182. The van der Waals surface area contributed by atoms with Crippen LogP contribution in [0, 0.1) is 6.92 Å². The molecular formula is C24H32O4. The van der Waals surface area contributed by atoms with E-state index < -0.39 is 0 Å². The molecule has 4 heteroatoms. The van der Waals surface area contributed by atoms with Gasteiger partial charge in [-0.05, 0) is 58.2 Å². The fourth-order valence-electron chi connectivity index (χ4n) is 2.48. The second-order valence-corrected chi connectivity index (χ2v) is 7.26. The van der Waals surface area contributed by atoms with Crippen LogP contribution in [0.15, 0.2) is 54.6 Å². The predicted molar refractivity (Wildman–Crippen MR) is 112 cm³/mol. The molecule has 2 aromatic carbocycles. The summed E-state index contributed by atoms with van der Waals surface area (Å²) in [6.07, 6.45) is 0.283. The molecular weight excluding hydrogens is 352 g/mol. The molecule has 1 unspecified atom stereocenters. The summed E-state index contributed by atoms with van der Waals surface area (Å²) in [4.78, 5) is 22.9. The van der Waals surface area contributed by atoms with Crippen molar-refractivity contribution in [1.29, 1.82) is 0 Å². The number of carbonyl (C=O) groups is 2. The Labute approximate surface area is 168 Å². The smallest absolute Gasteiger partial charge is 0.313 e. The van der Waals surface area contributed by atoms with E-state index in [-0.39, 0.29) is 30.1 Å². The first-order valence-electron chi connectivity index (χ1n) is 9.70. The summed E-state index contributed by atoms with van der Waals surface area (Å²) in [6.45, 7) is 11.3. The Morgan fingerprint density at radius 1 is 0.786 bits per heavy atom. The quantitative estimate of drug-likeness (QED) is 0.640. The lowest BCUT2D eigenvalue weighted by Gasteiger charge is -2.13. The average molecular weight is 385 g/mol. The third-order valence-corrected chi connectivity index (χ3v) is 3.97. The SMILES string of the molecule is CC(C)OC(=O)C(C)c1ccccc1.Cc1ccccc1CC(=O)OC(C)C. The lowest BCUT2D eigenvalue weighted by molar-refractivity contribution is -0.149. The van der Waals surface area contributed by atoms with Gasteiger partial charge in [0.15, 0.2) is 0 Å². The molecule has 0 spiro atoms. The van der Waals surface area contributed by atoms with E-state index in [9.17, 15) is 9.59 Å². The van der Waals surface area contributed by atoms with Crippen LogP contribution in [0.2, 0.25) is 0 Å². The molecule has 28 heavy (non-hydrogen) atoms. The van der Waals surface area contributed by atoms with E-state index in [0.29, 0.717) is 6.42 Å². The topological polar surface area (TPSA) is 52.6 Å². The molecule has 2 aromatic rings. The molecule has 0 aromatic heterocycles. The van der Waals surface area contributed by atoms with Crippen LogP contribution in [0.1, 0.15) is 57.2 Å². The molecule has 2 rings (SSSR count). The minimum Gasteiger partial charge on any atom is -0.463 e. The van der Waals surface area contributed by atoms with E-state index in [1.54, 1.807) is 0 Å². The summed E-state index contributed by atoms with van der Waals surface area (Å²) in [5, 5.41) is 0. The van der Waals surface area contributed by atoms with Crippen molar-refractivity contribution >= 4 is 11.9 Å². The highest BCUT2D eigenvalue weighted by atomic mass is 16.5. The molecule has 0 radical (unpaired) electrons. The monoisotopic (exact) mass is 384 g/mol. The van der Waals surface area contributed by atoms with Crippen LogP contribution in [0.4, 0.5) is 0 Å². The van der Waals surface area contributed by atoms with Crippen molar-refractivity contribution in [2.24, 2.45) is 0 Å². The van der Waals surface area contributed by atoms with Crippen LogP contribution >= 0.6 is 0 Å². The highest BCUT2D eigenvalue weighted by molar-refractivity contribution is 5.77. The van der Waals surface area contributed by atoms with Gasteiger partial charge in [0.05, 0.1) is 24.5 Å². The molecule has 0 aliphatic heterocycles. The summed E-state index contributed by atoms with van der Waals surface area (Å²) in [7, 11) is 0. The van der Waals surface area contributed by atoms with Crippen LogP contribution in [0.5, 0.6) is 0 Å². The summed E-state index contributed by atoms with van der Waals surface area (Å²) in [5.74, 6) is -0.501. The van der Waals surface area contributed by atoms with Crippen molar-refractivity contribution < 1.29 is 19.1 Å². The predicted octanol–water partition coefficient (Wildman–Crippen LogP) is 5.23. The third kappa shape index (κ3) is 8.85. The molecule has 1 atom stereocenters. The summed E-state index contributed by atoms with van der Waals surface area (Å²) in [5.41, 5.74) is 3.17. The van der Waals surface area contributed by atoms with E-state index >= 15 is 0 Å². The fraction of sp³-hybridized carbons (Fsp3) is 0.417. The number of hydrogen-bond donors (Lipinski definition) is 0. The van der Waals surface area contributed by atoms with Gasteiger partial charge in [0.2, 0.25) is 0 Å². The summed E-state index contributed by atoms with van der Waals surface area (Å²) in [6, 6.07) is 17.5. The zero-order chi connectivity index (χ0) is 21.1. The third-order valence-electron chi connectivity index (χ3n) is 3.97. The van der Waals surface area contributed by atoms with Crippen molar-refractivity contribution in [3.8, 4) is 0 Å². The van der Waals surface area contributed by atoms with Crippen LogP contribution < -0.4 is 0 Å². The van der Waals surface area contributed by atoms with Gasteiger partial charge in [-0.2, -0.15) is 0 Å². The molecule has 0 aliphatic carbocycles. The van der Waals surface area contributed by atoms with E-state index in [4.69, 9.17) is 9.47 Å². The van der Waals surface area contributed by atoms with Gasteiger partial charge in [-0.3, -0.25) is 9.59 Å². The standard InChI is InChI=1S/2C12H16O2/c1-9(2)14-12(13)8-11-7-5-4-6-10(11)3;1-9(2)14-12(13)10(3)11-7-5-4-6-8-11/h4-7,9H,8H2,1-3H3;4-10H,1-3H3. The molecule has 0 saturated heterocycles. The minimum absolute atomic E-state index is 0.0356. The number of aryl methyl sites for hydroxylation is 1. The first-order valence-corrected chi connectivity index (χ1v) is 9.70. The van der Waals surface area contributed by atoms with Gasteiger partial charge in [-0.25, -0.2) is 0 Å². The summed E-state index contributed by atoms with van der Waals surface area (Å²) < 4.78 is 10.2. The highest BCUT2D eigenvalue weighted by Gasteiger charge is 2.17. The van der Waals surface area contributed by atoms with E-state index in [2.05, 4.69) is 0 Å². The van der Waals surface area contributed by atoms with Gasteiger partial charge in [0.25, 0.3) is 0 Å². The first-order chi connectivity index (χ1) is 13.2. The zero-order valence-electron chi connectivity index (χ0n) is 17.8. The molecule has 152 valence electrons. The average Bonchev–Trinajstić information content (AvgIpc) is 2.63. The van der Waals surface area contributed by atoms with Crippen LogP contribution in [0.3, 0.4) is 0 Å². The maximum atomic E-state index is 11.5. The number of esters is 2. The number of rotatable bonds is 6. The molecule has 0 bridgehead atoms. The van der Waals surface area contributed by atoms with Crippen molar-refractivity contribution in [1.82, 2.24) is 0 Å². The molecule has 0 heterocycles. The molecule has 0 fully saturated rings. The highest BCUT2D eigenvalue weighted by Crippen LogP contribution is 2.16. The number of ether oxygens (including phenoxy) is 2. The van der Waals surface area contributed by atoms with Crippen molar-refractivity contribution in [3.05, 3.63) is 71.3 Å². The maximum Gasteiger partial charge on any atom is 0.313 e. The lowest BCUT2D eigenvalue weighted by atomic mass is 10.0. The molecule has 0 N–H and O–H groups in total. The van der Waals surface area contributed by atoms with Gasteiger partial charge < -0.3 is 9.47 Å². The fourth-order valence-corrected chi connectivity index (χ4v) is 2.48. The Hall–Kier alpha value is -2.62. The second kappa shape index (κ2) is 12.0. The Morgan fingerprint density at radius 2 is 1.32 bits per heavy atom. The van der Waals surface area contributed by atoms with Gasteiger partial charge >= 0.3 is 11.9 Å². The lowest BCUT2D eigenvalue weighted by Crippen LogP contribution is -2.17. The van der Waals surface area contributed by atoms with Crippen LogP contribution in [-0.2, 0) is 25.5 Å². The van der Waals surface area contributed by atoms with E-state index in [1.807, 2.05) is 96.1 Å². The van der Waals surface area contributed by atoms with Crippen LogP contribution in [0.25, 0.3) is 0 Å². The number of hydrogen-bond acceptors (Lipinski definition) is 4. The second-order valence-electron chi connectivity index (χ2n) is 7.26. The van der Waals surface area contributed by atoms with Crippen molar-refractivity contribution in [3.63, 3.8) is 0 Å². The largest absolute Gasteiger partial charge is 0.463 e. The molecule has 0 amide bonds.